The Labute approximate surface area is 223 Å². The van der Waals surface area contributed by atoms with Crippen molar-refractivity contribution in [2.45, 2.75) is 0 Å². The van der Waals surface area contributed by atoms with Crippen LogP contribution in [0, 0.1) is 24.7 Å². The van der Waals surface area contributed by atoms with E-state index in [9.17, 15) is 29.4 Å². The first-order valence-corrected chi connectivity index (χ1v) is 11.4. The van der Waals surface area contributed by atoms with Crippen molar-refractivity contribution in [2.75, 3.05) is 0 Å². The summed E-state index contributed by atoms with van der Waals surface area (Å²) >= 11 is 0. The van der Waals surface area contributed by atoms with Crippen LogP contribution >= 0.6 is 0 Å². The van der Waals surface area contributed by atoms with Crippen LogP contribution in [-0.4, -0.2) is 34.1 Å². The van der Waals surface area contributed by atoms with E-state index in [2.05, 4.69) is 11.8 Å². The van der Waals surface area contributed by atoms with Crippen LogP contribution in [0.4, 0.5) is 0 Å². The highest BCUT2D eigenvalue weighted by atomic mass is 16.6. The second kappa shape index (κ2) is 11.0. The molecule has 0 aromatic heterocycles. The predicted octanol–water partition coefficient (Wildman–Crippen LogP) is 5.38. The Morgan fingerprint density at radius 3 is 1.15 bits per heavy atom. The van der Waals surface area contributed by atoms with Gasteiger partial charge in [-0.05, 0) is 70.8 Å². The van der Waals surface area contributed by atoms with Crippen molar-refractivity contribution < 1.29 is 34.1 Å². The molecule has 4 aromatic carbocycles. The number of carboxylic acid groups (broad SMARTS) is 2. The first-order valence-electron chi connectivity index (χ1n) is 11.4. The molecule has 0 saturated carbocycles. The van der Waals surface area contributed by atoms with Crippen LogP contribution in [0.5, 0.6) is 0 Å². The number of benzene rings is 4. The number of esters is 2. The summed E-state index contributed by atoms with van der Waals surface area (Å²) in [6.07, 6.45) is 10.8. The SMILES string of the molecule is C#Cc1ccc(-c2ccc(C(=O)O)c(C(=O)OC(=O)c3cc(-c4ccc(C#C)cc4)ccc3C(=O)O)c2)cc1. The van der Waals surface area contributed by atoms with Gasteiger partial charge in [-0.2, -0.15) is 0 Å². The van der Waals surface area contributed by atoms with E-state index in [1.54, 1.807) is 48.5 Å². The van der Waals surface area contributed by atoms with Crippen molar-refractivity contribution >= 4 is 23.9 Å². The van der Waals surface area contributed by atoms with Gasteiger partial charge in [0.25, 0.3) is 0 Å². The summed E-state index contributed by atoms with van der Waals surface area (Å²) in [6.45, 7) is 0. The highest BCUT2D eigenvalue weighted by Gasteiger charge is 2.25. The maximum Gasteiger partial charge on any atom is 0.346 e. The predicted molar refractivity (Wildman–Crippen MR) is 143 cm³/mol. The number of aromatic carboxylic acids is 2. The lowest BCUT2D eigenvalue weighted by Gasteiger charge is -2.11. The lowest BCUT2D eigenvalue weighted by atomic mass is 9.97. The Morgan fingerprint density at radius 2 is 0.846 bits per heavy atom. The molecule has 0 saturated heterocycles. The van der Waals surface area contributed by atoms with Crippen molar-refractivity contribution in [3.05, 3.63) is 118 Å². The average molecular weight is 514 g/mol. The molecule has 0 unspecified atom stereocenters. The maximum absolute atomic E-state index is 13.0. The Balaban J connectivity index is 1.70. The van der Waals surface area contributed by atoms with Gasteiger partial charge in [0.1, 0.15) is 0 Å². The quantitative estimate of drug-likeness (QED) is 0.202. The van der Waals surface area contributed by atoms with Gasteiger partial charge in [0.2, 0.25) is 0 Å². The lowest BCUT2D eigenvalue weighted by molar-refractivity contribution is 0.0386. The zero-order chi connectivity index (χ0) is 28.1. The molecule has 7 nitrogen and oxygen atoms in total. The van der Waals surface area contributed by atoms with Crippen LogP contribution in [0.2, 0.25) is 0 Å². The number of hydrogen-bond acceptors (Lipinski definition) is 5. The largest absolute Gasteiger partial charge is 0.478 e. The third-order valence-electron chi connectivity index (χ3n) is 5.89. The standard InChI is InChI=1S/C32H18O7/c1-3-19-5-9-21(10-6-19)23-13-15-25(29(33)34)27(17-23)31(37)39-32(38)28-18-24(14-16-26(28)30(35)36)22-11-7-20(4-2)8-12-22/h1-2,5-18H,(H,33,34)(H,35,36). The molecule has 39 heavy (non-hydrogen) atoms. The number of carboxylic acids is 2. The van der Waals surface area contributed by atoms with Crippen molar-refractivity contribution in [1.29, 1.82) is 0 Å². The molecule has 0 radical (unpaired) electrons. The van der Waals surface area contributed by atoms with E-state index >= 15 is 0 Å². The maximum atomic E-state index is 13.0. The van der Waals surface area contributed by atoms with E-state index in [-0.39, 0.29) is 11.1 Å². The lowest BCUT2D eigenvalue weighted by Crippen LogP contribution is -2.18. The second-order valence-electron chi connectivity index (χ2n) is 8.25. The van der Waals surface area contributed by atoms with E-state index in [4.69, 9.17) is 17.6 Å². The first-order chi connectivity index (χ1) is 18.7. The molecule has 188 valence electrons. The van der Waals surface area contributed by atoms with E-state index in [1.165, 1.54) is 36.4 Å². The highest BCUT2D eigenvalue weighted by Crippen LogP contribution is 2.26. The third kappa shape index (κ3) is 5.59. The average Bonchev–Trinajstić information content (AvgIpc) is 2.96. The fourth-order valence-electron chi connectivity index (χ4n) is 3.87. The van der Waals surface area contributed by atoms with E-state index in [0.29, 0.717) is 33.4 Å². The normalized spacial score (nSPS) is 10.1. The van der Waals surface area contributed by atoms with Gasteiger partial charge in [0.05, 0.1) is 22.3 Å². The molecule has 0 bridgehead atoms. The van der Waals surface area contributed by atoms with Crippen LogP contribution < -0.4 is 0 Å². The van der Waals surface area contributed by atoms with Crippen LogP contribution in [0.3, 0.4) is 0 Å². The third-order valence-corrected chi connectivity index (χ3v) is 5.89. The van der Waals surface area contributed by atoms with Crippen LogP contribution in [0.15, 0.2) is 84.9 Å². The van der Waals surface area contributed by atoms with E-state index in [1.807, 2.05) is 0 Å². The summed E-state index contributed by atoms with van der Waals surface area (Å²) in [5.41, 5.74) is 1.96. The van der Waals surface area contributed by atoms with Gasteiger partial charge in [-0.1, -0.05) is 48.2 Å². The molecule has 0 atom stereocenters. The molecular weight excluding hydrogens is 496 g/mol. The number of ether oxygens (including phenoxy) is 1. The molecule has 4 aromatic rings. The fourth-order valence-corrected chi connectivity index (χ4v) is 3.87. The molecule has 0 amide bonds. The molecule has 4 rings (SSSR count). The van der Waals surface area contributed by atoms with Crippen molar-refractivity contribution in [3.8, 4) is 46.9 Å². The number of hydrogen-bond donors (Lipinski definition) is 2. The summed E-state index contributed by atoms with van der Waals surface area (Å²) in [4.78, 5) is 49.7. The van der Waals surface area contributed by atoms with Gasteiger partial charge in [0, 0.05) is 11.1 Å². The zero-order valence-electron chi connectivity index (χ0n) is 20.2. The molecule has 0 aliphatic rings. The summed E-state index contributed by atoms with van der Waals surface area (Å²) in [7, 11) is 0. The van der Waals surface area contributed by atoms with Gasteiger partial charge in [-0.3, -0.25) is 0 Å². The van der Waals surface area contributed by atoms with E-state index in [0.717, 1.165) is 0 Å². The Kier molecular flexibility index (Phi) is 7.38. The molecule has 0 fully saturated rings. The van der Waals surface area contributed by atoms with E-state index < -0.39 is 35.0 Å². The number of rotatable bonds is 6. The monoisotopic (exact) mass is 514 g/mol. The van der Waals surface area contributed by atoms with Crippen molar-refractivity contribution in [1.82, 2.24) is 0 Å². The molecule has 0 spiro atoms. The topological polar surface area (TPSA) is 118 Å². The minimum atomic E-state index is -1.41. The fraction of sp³-hybridized carbons (Fsp3) is 0. The van der Waals surface area contributed by atoms with Gasteiger partial charge < -0.3 is 14.9 Å². The zero-order valence-corrected chi connectivity index (χ0v) is 20.2. The molecule has 7 heteroatoms. The van der Waals surface area contributed by atoms with Crippen LogP contribution in [0.1, 0.15) is 52.6 Å². The number of terminal acetylenes is 2. The van der Waals surface area contributed by atoms with Crippen LogP contribution in [-0.2, 0) is 4.74 Å². The Hall–Kier alpha value is -5.92. The van der Waals surface area contributed by atoms with Gasteiger partial charge >= 0.3 is 23.9 Å². The van der Waals surface area contributed by atoms with Gasteiger partial charge in [0.15, 0.2) is 0 Å². The smallest absolute Gasteiger partial charge is 0.346 e. The first kappa shape index (κ1) is 26.2. The minimum Gasteiger partial charge on any atom is -0.478 e. The minimum absolute atomic E-state index is 0.382. The Morgan fingerprint density at radius 1 is 0.513 bits per heavy atom. The molecule has 0 heterocycles. The second-order valence-corrected chi connectivity index (χ2v) is 8.25. The van der Waals surface area contributed by atoms with Crippen molar-refractivity contribution in [3.63, 3.8) is 0 Å². The van der Waals surface area contributed by atoms with Crippen LogP contribution in [0.25, 0.3) is 22.3 Å². The number of carbonyl (C=O) groups excluding carboxylic acids is 2. The summed E-state index contributed by atoms with van der Waals surface area (Å²) < 4.78 is 5.00. The Bertz CT molecular complexity index is 1590. The molecular formula is C32H18O7. The highest BCUT2D eigenvalue weighted by molar-refractivity contribution is 6.11. The molecule has 0 aliphatic carbocycles. The summed E-state index contributed by atoms with van der Waals surface area (Å²) in [5, 5.41) is 19.2. The summed E-state index contributed by atoms with van der Waals surface area (Å²) in [5.74, 6) is -0.342. The van der Waals surface area contributed by atoms with Gasteiger partial charge in [-0.15, -0.1) is 12.8 Å². The molecule has 2 N–H and O–H groups in total. The molecule has 0 aliphatic heterocycles. The summed E-state index contributed by atoms with van der Waals surface area (Å²) in [6, 6.07) is 21.5. The number of carbonyl (C=O) groups is 4. The van der Waals surface area contributed by atoms with Gasteiger partial charge in [-0.25, -0.2) is 19.2 Å². The van der Waals surface area contributed by atoms with Crippen molar-refractivity contribution in [2.24, 2.45) is 0 Å².